The van der Waals surface area contributed by atoms with Crippen LogP contribution in [0.3, 0.4) is 0 Å². The highest BCUT2D eigenvalue weighted by Gasteiger charge is 2.32. The summed E-state index contributed by atoms with van der Waals surface area (Å²) in [6, 6.07) is 16.6. The maximum Gasteiger partial charge on any atom is 0.223 e. The average Bonchev–Trinajstić information content (AvgIpc) is 3.31. The fourth-order valence-corrected chi connectivity index (χ4v) is 4.13. The standard InChI is InChI=1S/C24H29N3O2/c1-3-18-10-12-20(13-11-18)29-15-7-14-27-22-9-6-5-8-21(22)25-24(27)19-16-23(28)26(4-2)17-19/h5-6,8-13,19H,3-4,7,14-17H2,1-2H3. The van der Waals surface area contributed by atoms with E-state index < -0.39 is 0 Å². The fraction of sp³-hybridized carbons (Fsp3) is 0.417. The van der Waals surface area contributed by atoms with E-state index in [4.69, 9.17) is 9.72 Å². The van der Waals surface area contributed by atoms with Gasteiger partial charge in [-0.15, -0.1) is 0 Å². The van der Waals surface area contributed by atoms with Crippen LogP contribution in [0.4, 0.5) is 0 Å². The summed E-state index contributed by atoms with van der Waals surface area (Å²) in [4.78, 5) is 19.1. The summed E-state index contributed by atoms with van der Waals surface area (Å²) in [5.74, 6) is 2.34. The van der Waals surface area contributed by atoms with E-state index >= 15 is 0 Å². The third kappa shape index (κ3) is 4.14. The van der Waals surface area contributed by atoms with E-state index in [1.54, 1.807) is 0 Å². The Hall–Kier alpha value is -2.82. The van der Waals surface area contributed by atoms with Crippen LogP contribution in [0.15, 0.2) is 48.5 Å². The Kier molecular flexibility index (Phi) is 5.84. The summed E-state index contributed by atoms with van der Waals surface area (Å²) in [5, 5.41) is 0. The smallest absolute Gasteiger partial charge is 0.223 e. The molecule has 1 fully saturated rings. The summed E-state index contributed by atoms with van der Waals surface area (Å²) in [7, 11) is 0. The molecule has 29 heavy (non-hydrogen) atoms. The second-order valence-electron chi connectivity index (χ2n) is 7.64. The number of hydrogen-bond acceptors (Lipinski definition) is 3. The Labute approximate surface area is 172 Å². The van der Waals surface area contributed by atoms with Crippen molar-refractivity contribution in [1.82, 2.24) is 14.5 Å². The maximum absolute atomic E-state index is 12.2. The molecule has 5 heteroatoms. The van der Waals surface area contributed by atoms with Gasteiger partial charge in [0.25, 0.3) is 0 Å². The third-order valence-electron chi connectivity index (χ3n) is 5.77. The number of benzene rings is 2. The van der Waals surface area contributed by atoms with Gasteiger partial charge in [-0.25, -0.2) is 4.98 Å². The second-order valence-corrected chi connectivity index (χ2v) is 7.64. The first-order valence-corrected chi connectivity index (χ1v) is 10.6. The number of nitrogens with zero attached hydrogens (tertiary/aromatic N) is 3. The number of carbonyl (C=O) groups is 1. The molecule has 152 valence electrons. The molecule has 1 aliphatic rings. The van der Waals surface area contributed by atoms with Gasteiger partial charge < -0.3 is 14.2 Å². The molecule has 2 aromatic carbocycles. The van der Waals surface area contributed by atoms with Gasteiger partial charge in [0.1, 0.15) is 11.6 Å². The van der Waals surface area contributed by atoms with Crippen molar-refractivity contribution in [1.29, 1.82) is 0 Å². The first-order valence-electron chi connectivity index (χ1n) is 10.6. The monoisotopic (exact) mass is 391 g/mol. The van der Waals surface area contributed by atoms with Crippen LogP contribution < -0.4 is 4.74 Å². The predicted octanol–water partition coefficient (Wildman–Crippen LogP) is 4.40. The quantitative estimate of drug-likeness (QED) is 0.535. The molecule has 0 aliphatic carbocycles. The lowest BCUT2D eigenvalue weighted by atomic mass is 10.1. The van der Waals surface area contributed by atoms with Crippen molar-refractivity contribution < 1.29 is 9.53 Å². The van der Waals surface area contributed by atoms with Crippen molar-refractivity contribution in [2.75, 3.05) is 19.7 Å². The van der Waals surface area contributed by atoms with Gasteiger partial charge in [-0.3, -0.25) is 4.79 Å². The van der Waals surface area contributed by atoms with Crippen LogP contribution in [-0.2, 0) is 17.8 Å². The Balaban J connectivity index is 1.46. The lowest BCUT2D eigenvalue weighted by Crippen LogP contribution is -2.24. The van der Waals surface area contributed by atoms with Crippen molar-refractivity contribution in [3.63, 3.8) is 0 Å². The van der Waals surface area contributed by atoms with Gasteiger partial charge in [-0.1, -0.05) is 31.2 Å². The number of aryl methyl sites for hydroxylation is 2. The Morgan fingerprint density at radius 2 is 1.90 bits per heavy atom. The molecule has 1 atom stereocenters. The molecule has 2 heterocycles. The van der Waals surface area contributed by atoms with E-state index in [0.717, 1.165) is 55.1 Å². The summed E-state index contributed by atoms with van der Waals surface area (Å²) < 4.78 is 8.22. The van der Waals surface area contributed by atoms with Crippen molar-refractivity contribution in [2.24, 2.45) is 0 Å². The van der Waals surface area contributed by atoms with Crippen molar-refractivity contribution in [3.05, 3.63) is 59.9 Å². The number of likely N-dealkylation sites (tertiary alicyclic amines) is 1. The predicted molar refractivity (Wildman–Crippen MR) is 115 cm³/mol. The normalized spacial score (nSPS) is 16.7. The molecule has 1 aromatic heterocycles. The molecule has 3 aromatic rings. The minimum atomic E-state index is 0.164. The average molecular weight is 392 g/mol. The van der Waals surface area contributed by atoms with Crippen LogP contribution in [-0.4, -0.2) is 40.1 Å². The van der Waals surface area contributed by atoms with E-state index in [1.807, 2.05) is 36.1 Å². The van der Waals surface area contributed by atoms with E-state index in [1.165, 1.54) is 5.56 Å². The molecule has 0 bridgehead atoms. The minimum absolute atomic E-state index is 0.164. The molecule has 1 saturated heterocycles. The van der Waals surface area contributed by atoms with Gasteiger partial charge in [0.2, 0.25) is 5.91 Å². The van der Waals surface area contributed by atoms with E-state index in [9.17, 15) is 4.79 Å². The summed E-state index contributed by atoms with van der Waals surface area (Å²) in [5.41, 5.74) is 3.46. The van der Waals surface area contributed by atoms with Crippen LogP contribution in [0, 0.1) is 0 Å². The zero-order valence-electron chi connectivity index (χ0n) is 17.3. The van der Waals surface area contributed by atoms with E-state index in [-0.39, 0.29) is 11.8 Å². The van der Waals surface area contributed by atoms with Crippen molar-refractivity contribution in [3.8, 4) is 5.75 Å². The number of para-hydroxylation sites is 2. The number of aromatic nitrogens is 2. The molecule has 0 spiro atoms. The molecule has 1 amide bonds. The number of likely N-dealkylation sites (N-methyl/N-ethyl adjacent to an activating group) is 1. The zero-order chi connectivity index (χ0) is 20.2. The number of fused-ring (bicyclic) bond motifs is 1. The highest BCUT2D eigenvalue weighted by molar-refractivity contribution is 5.80. The summed E-state index contributed by atoms with van der Waals surface area (Å²) in [6.45, 7) is 7.20. The Bertz CT molecular complexity index is 977. The zero-order valence-corrected chi connectivity index (χ0v) is 17.3. The first kappa shape index (κ1) is 19.5. The van der Waals surface area contributed by atoms with Crippen molar-refractivity contribution in [2.45, 2.75) is 45.6 Å². The van der Waals surface area contributed by atoms with Gasteiger partial charge in [0.15, 0.2) is 0 Å². The highest BCUT2D eigenvalue weighted by Crippen LogP contribution is 2.30. The van der Waals surface area contributed by atoms with Crippen molar-refractivity contribution >= 4 is 16.9 Å². The van der Waals surface area contributed by atoms with Crippen LogP contribution in [0.1, 0.15) is 44.0 Å². The topological polar surface area (TPSA) is 47.4 Å². The van der Waals surface area contributed by atoms with Gasteiger partial charge in [0.05, 0.1) is 17.6 Å². The molecular formula is C24H29N3O2. The summed E-state index contributed by atoms with van der Waals surface area (Å²) in [6.07, 6.45) is 2.48. The Morgan fingerprint density at radius 1 is 1.10 bits per heavy atom. The number of amides is 1. The van der Waals surface area contributed by atoms with E-state index in [0.29, 0.717) is 13.0 Å². The van der Waals surface area contributed by atoms with Gasteiger partial charge in [-0.05, 0) is 49.6 Å². The van der Waals surface area contributed by atoms with Gasteiger partial charge in [-0.2, -0.15) is 0 Å². The van der Waals surface area contributed by atoms with Gasteiger partial charge in [0, 0.05) is 32.0 Å². The molecule has 1 unspecified atom stereocenters. The number of imidazole rings is 1. The van der Waals surface area contributed by atoms with Crippen LogP contribution in [0.2, 0.25) is 0 Å². The molecule has 4 rings (SSSR count). The Morgan fingerprint density at radius 3 is 2.62 bits per heavy atom. The molecule has 1 aliphatic heterocycles. The largest absolute Gasteiger partial charge is 0.494 e. The second kappa shape index (κ2) is 8.68. The number of ether oxygens (including phenoxy) is 1. The lowest BCUT2D eigenvalue weighted by molar-refractivity contribution is -0.127. The highest BCUT2D eigenvalue weighted by atomic mass is 16.5. The molecule has 5 nitrogen and oxygen atoms in total. The fourth-order valence-electron chi connectivity index (χ4n) is 4.13. The van der Waals surface area contributed by atoms with Crippen LogP contribution in [0.25, 0.3) is 11.0 Å². The molecule has 0 saturated carbocycles. The van der Waals surface area contributed by atoms with Crippen LogP contribution in [0.5, 0.6) is 5.75 Å². The number of rotatable bonds is 8. The maximum atomic E-state index is 12.2. The van der Waals surface area contributed by atoms with Crippen LogP contribution >= 0.6 is 0 Å². The molecule has 0 radical (unpaired) electrons. The van der Waals surface area contributed by atoms with Gasteiger partial charge >= 0.3 is 0 Å². The van der Waals surface area contributed by atoms with E-state index in [2.05, 4.69) is 35.8 Å². The summed E-state index contributed by atoms with van der Waals surface area (Å²) >= 11 is 0. The first-order chi connectivity index (χ1) is 14.2. The lowest BCUT2D eigenvalue weighted by Gasteiger charge is -2.15. The number of hydrogen-bond donors (Lipinski definition) is 0. The number of carbonyl (C=O) groups excluding carboxylic acids is 1. The SMILES string of the molecule is CCc1ccc(OCCCn2c(C3CC(=O)N(CC)C3)nc3ccccc32)cc1. The molecular weight excluding hydrogens is 362 g/mol. The molecule has 0 N–H and O–H groups in total. The minimum Gasteiger partial charge on any atom is -0.494 e. The third-order valence-corrected chi connectivity index (χ3v) is 5.77.